The highest BCUT2D eigenvalue weighted by Crippen LogP contribution is 2.20. The Morgan fingerprint density at radius 3 is 2.11 bits per heavy atom. The van der Waals surface area contributed by atoms with E-state index in [0.29, 0.717) is 0 Å². The molecule has 0 aromatic heterocycles. The van der Waals surface area contributed by atoms with Crippen molar-refractivity contribution >= 4 is 40.8 Å². The summed E-state index contributed by atoms with van der Waals surface area (Å²) in [6.45, 7) is -0.365. The maximum Gasteiger partial charge on any atom is 0.317 e. The Morgan fingerprint density at radius 1 is 1.56 bits per heavy atom. The lowest BCUT2D eigenvalue weighted by molar-refractivity contribution is -0.135. The van der Waals surface area contributed by atoms with Crippen molar-refractivity contribution in [2.24, 2.45) is 0 Å². The fourth-order valence-corrected chi connectivity index (χ4v) is 0.376. The van der Waals surface area contributed by atoms with Gasteiger partial charge in [0.05, 0.1) is 6.54 Å². The molecule has 0 amide bonds. The minimum Gasteiger partial charge on any atom is -0.480 e. The Balaban J connectivity index is 3.39. The summed E-state index contributed by atoms with van der Waals surface area (Å²) in [6, 6.07) is 0. The van der Waals surface area contributed by atoms with E-state index in [4.69, 9.17) is 39.9 Å². The Bertz CT molecular complexity index is 110. The molecule has 0 spiro atoms. The van der Waals surface area contributed by atoms with Gasteiger partial charge in [0.1, 0.15) is 0 Å². The predicted octanol–water partition coefficient (Wildman–Crippen LogP) is 0.988. The molecule has 0 bridgehead atoms. The number of hydrogen-bond donors (Lipinski definition) is 2. The molecule has 6 heteroatoms. The number of carboxylic acid groups (broad SMARTS) is 1. The van der Waals surface area contributed by atoms with Crippen LogP contribution in [0.15, 0.2) is 0 Å². The highest BCUT2D eigenvalue weighted by Gasteiger charge is 2.18. The maximum absolute atomic E-state index is 9.81. The minimum absolute atomic E-state index is 0.365. The minimum atomic E-state index is -1.68. The fourth-order valence-electron chi connectivity index (χ4n) is 0.176. The number of rotatable bonds is 2. The molecule has 54 valence electrons. The second kappa shape index (κ2) is 3.46. The zero-order valence-electron chi connectivity index (χ0n) is 4.20. The molecule has 0 radical (unpaired) electrons. The summed E-state index contributed by atoms with van der Waals surface area (Å²) in [5, 5.41) is 10.2. The monoisotopic (exact) mass is 191 g/mol. The van der Waals surface area contributed by atoms with Gasteiger partial charge in [-0.2, -0.15) is 0 Å². The van der Waals surface area contributed by atoms with Crippen molar-refractivity contribution < 1.29 is 9.90 Å². The van der Waals surface area contributed by atoms with Crippen LogP contribution in [0.2, 0.25) is 0 Å². The van der Waals surface area contributed by atoms with Crippen LogP contribution in [0.25, 0.3) is 0 Å². The SMILES string of the molecule is O=C(O)CNC(Cl)(Cl)Cl. The Hall–Kier alpha value is 0.300. The van der Waals surface area contributed by atoms with Crippen LogP contribution in [0, 0.1) is 0 Å². The van der Waals surface area contributed by atoms with Gasteiger partial charge in [0.15, 0.2) is 0 Å². The third-order valence-corrected chi connectivity index (χ3v) is 0.841. The second-order valence-electron chi connectivity index (χ2n) is 1.25. The molecule has 0 saturated carbocycles. The average molecular weight is 192 g/mol. The van der Waals surface area contributed by atoms with Gasteiger partial charge in [-0.3, -0.25) is 10.1 Å². The van der Waals surface area contributed by atoms with Gasteiger partial charge in [-0.25, -0.2) is 0 Å². The van der Waals surface area contributed by atoms with E-state index in [1.165, 1.54) is 0 Å². The molecule has 0 aliphatic rings. The van der Waals surface area contributed by atoms with Crippen LogP contribution >= 0.6 is 34.8 Å². The first-order valence-electron chi connectivity index (χ1n) is 1.95. The van der Waals surface area contributed by atoms with Crippen molar-refractivity contribution in [1.82, 2.24) is 5.32 Å². The molecular weight excluding hydrogens is 188 g/mol. The van der Waals surface area contributed by atoms with Gasteiger partial charge in [-0.05, 0) is 0 Å². The van der Waals surface area contributed by atoms with Crippen molar-refractivity contribution in [2.75, 3.05) is 6.54 Å². The highest BCUT2D eigenvalue weighted by molar-refractivity contribution is 6.67. The van der Waals surface area contributed by atoms with E-state index < -0.39 is 9.89 Å². The maximum atomic E-state index is 9.81. The fraction of sp³-hybridized carbons (Fsp3) is 0.667. The summed E-state index contributed by atoms with van der Waals surface area (Å²) in [5.74, 6) is -1.07. The van der Waals surface area contributed by atoms with Gasteiger partial charge in [-0.1, -0.05) is 34.8 Å². The number of halogens is 3. The number of nitrogens with one attached hydrogen (secondary N) is 1. The van der Waals surface area contributed by atoms with E-state index in [0.717, 1.165) is 0 Å². The summed E-state index contributed by atoms with van der Waals surface area (Å²) in [4.78, 5) is 9.81. The van der Waals surface area contributed by atoms with E-state index in [1.54, 1.807) is 0 Å². The van der Waals surface area contributed by atoms with Gasteiger partial charge in [0.25, 0.3) is 0 Å². The lowest BCUT2D eigenvalue weighted by Gasteiger charge is -2.09. The Morgan fingerprint density at radius 2 is 2.00 bits per heavy atom. The number of aliphatic carboxylic acids is 1. The molecule has 0 fully saturated rings. The molecule has 3 nitrogen and oxygen atoms in total. The van der Waals surface area contributed by atoms with Crippen LogP contribution in [-0.4, -0.2) is 21.5 Å². The standard InChI is InChI=1S/C3H4Cl3NO2/c4-3(5,6)7-1-2(8)9/h7H,1H2,(H,8,9). The van der Waals surface area contributed by atoms with Crippen LogP contribution < -0.4 is 5.32 Å². The largest absolute Gasteiger partial charge is 0.480 e. The van der Waals surface area contributed by atoms with Gasteiger partial charge in [0, 0.05) is 0 Å². The number of carboxylic acids is 1. The molecule has 0 unspecified atom stereocenters. The summed E-state index contributed by atoms with van der Waals surface area (Å²) in [5.41, 5.74) is 0. The highest BCUT2D eigenvalue weighted by atomic mass is 35.6. The molecule has 2 N–H and O–H groups in total. The average Bonchev–Trinajstić information content (AvgIpc) is 1.59. The summed E-state index contributed by atoms with van der Waals surface area (Å²) >= 11 is 15.4. The summed E-state index contributed by atoms with van der Waals surface area (Å²) < 4.78 is -1.68. The zero-order chi connectivity index (χ0) is 7.49. The molecule has 0 atom stereocenters. The van der Waals surface area contributed by atoms with E-state index in [9.17, 15) is 4.79 Å². The third-order valence-electron chi connectivity index (χ3n) is 0.440. The second-order valence-corrected chi connectivity index (χ2v) is 3.53. The zero-order valence-corrected chi connectivity index (χ0v) is 6.46. The number of hydrogen-bond acceptors (Lipinski definition) is 2. The lowest BCUT2D eigenvalue weighted by Crippen LogP contribution is -2.33. The van der Waals surface area contributed by atoms with E-state index in [2.05, 4.69) is 5.32 Å². The van der Waals surface area contributed by atoms with E-state index in [1.807, 2.05) is 0 Å². The number of carbonyl (C=O) groups is 1. The summed E-state index contributed by atoms with van der Waals surface area (Å²) in [6.07, 6.45) is 0. The Labute approximate surface area is 66.9 Å². The first-order valence-corrected chi connectivity index (χ1v) is 3.09. The van der Waals surface area contributed by atoms with Gasteiger partial charge in [-0.15, -0.1) is 0 Å². The quantitative estimate of drug-likeness (QED) is 0.507. The first-order chi connectivity index (χ1) is 3.92. The smallest absolute Gasteiger partial charge is 0.317 e. The molecule has 0 aromatic carbocycles. The molecule has 0 saturated heterocycles. The van der Waals surface area contributed by atoms with Crippen LogP contribution in [-0.2, 0) is 4.79 Å². The van der Waals surface area contributed by atoms with Crippen LogP contribution in [0.1, 0.15) is 0 Å². The van der Waals surface area contributed by atoms with Crippen molar-refractivity contribution in [3.8, 4) is 0 Å². The topological polar surface area (TPSA) is 49.3 Å². The van der Waals surface area contributed by atoms with E-state index >= 15 is 0 Å². The molecular formula is C3H4Cl3NO2. The predicted molar refractivity (Wildman–Crippen MR) is 35.9 cm³/mol. The van der Waals surface area contributed by atoms with Crippen molar-refractivity contribution in [2.45, 2.75) is 3.92 Å². The molecule has 9 heavy (non-hydrogen) atoms. The molecule has 0 rings (SSSR count). The third kappa shape index (κ3) is 8.30. The summed E-state index contributed by atoms with van der Waals surface area (Å²) in [7, 11) is 0. The van der Waals surface area contributed by atoms with Gasteiger partial charge < -0.3 is 5.11 Å². The van der Waals surface area contributed by atoms with Gasteiger partial charge >= 0.3 is 5.97 Å². The van der Waals surface area contributed by atoms with Crippen molar-refractivity contribution in [3.05, 3.63) is 0 Å². The van der Waals surface area contributed by atoms with E-state index in [-0.39, 0.29) is 6.54 Å². The van der Waals surface area contributed by atoms with Crippen molar-refractivity contribution in [3.63, 3.8) is 0 Å². The normalized spacial score (nSPS) is 11.4. The van der Waals surface area contributed by atoms with Crippen LogP contribution in [0.5, 0.6) is 0 Å². The number of alkyl halides is 3. The Kier molecular flexibility index (Phi) is 3.58. The van der Waals surface area contributed by atoms with Gasteiger partial charge in [0.2, 0.25) is 3.92 Å². The molecule has 0 heterocycles. The van der Waals surface area contributed by atoms with Crippen LogP contribution in [0.3, 0.4) is 0 Å². The lowest BCUT2D eigenvalue weighted by atomic mass is 10.7. The molecule has 0 aliphatic heterocycles. The van der Waals surface area contributed by atoms with Crippen LogP contribution in [0.4, 0.5) is 0 Å². The van der Waals surface area contributed by atoms with Crippen molar-refractivity contribution in [1.29, 1.82) is 0 Å². The first kappa shape index (κ1) is 9.30. The molecule has 0 aliphatic carbocycles. The molecule has 0 aromatic rings.